The van der Waals surface area contributed by atoms with Crippen molar-refractivity contribution in [1.82, 2.24) is 26.0 Å². The lowest BCUT2D eigenvalue weighted by Crippen LogP contribution is -2.49. The first-order valence-corrected chi connectivity index (χ1v) is 22.9. The van der Waals surface area contributed by atoms with Gasteiger partial charge in [-0.2, -0.15) is 5.06 Å². The Balaban J connectivity index is 1.24. The van der Waals surface area contributed by atoms with Crippen LogP contribution in [0.5, 0.6) is 5.75 Å². The van der Waals surface area contributed by atoms with Crippen LogP contribution in [0.25, 0.3) is 11.3 Å². The smallest absolute Gasteiger partial charge is 0.365 e. The molecule has 2 heterocycles. The molecule has 0 fully saturated rings. The highest BCUT2D eigenvalue weighted by molar-refractivity contribution is 6.00. The number of aromatic nitrogens is 1. The van der Waals surface area contributed by atoms with Crippen LogP contribution in [0, 0.1) is 19.8 Å². The second-order valence-corrected chi connectivity index (χ2v) is 16.0. The molecule has 17 heteroatoms. The number of hydroxylamine groups is 2. The van der Waals surface area contributed by atoms with Gasteiger partial charge in [0.1, 0.15) is 30.8 Å². The van der Waals surface area contributed by atoms with Gasteiger partial charge in [0.25, 0.3) is 11.8 Å². The van der Waals surface area contributed by atoms with Crippen molar-refractivity contribution < 1.29 is 57.0 Å². The molecule has 0 spiro atoms. The molecule has 0 aliphatic heterocycles. The number of pyridine rings is 1. The summed E-state index contributed by atoms with van der Waals surface area (Å²) in [5.74, 6) is -4.65. The summed E-state index contributed by atoms with van der Waals surface area (Å²) in [6.45, 7) is 8.69. The first-order valence-electron chi connectivity index (χ1n) is 22.9. The third-order valence-corrected chi connectivity index (χ3v) is 11.1. The number of carbonyl (C=O) groups is 7. The van der Waals surface area contributed by atoms with Crippen LogP contribution in [-0.4, -0.2) is 77.4 Å². The number of esters is 2. The van der Waals surface area contributed by atoms with Crippen molar-refractivity contribution in [1.29, 1.82) is 0 Å². The maximum atomic E-state index is 13.8. The van der Waals surface area contributed by atoms with Crippen molar-refractivity contribution >= 4 is 42.0 Å². The normalized spacial score (nSPS) is 12.1. The number of rotatable bonds is 26. The van der Waals surface area contributed by atoms with E-state index in [1.165, 1.54) is 18.2 Å². The van der Waals surface area contributed by atoms with Crippen LogP contribution in [0.3, 0.4) is 0 Å². The van der Waals surface area contributed by atoms with Crippen LogP contribution in [0.4, 0.5) is 0 Å². The van der Waals surface area contributed by atoms with Crippen LogP contribution < -0.4 is 20.7 Å². The lowest BCUT2D eigenvalue weighted by molar-refractivity contribution is -0.171. The molecule has 0 aliphatic carbocycles. The zero-order valence-electron chi connectivity index (χ0n) is 39.5. The molecule has 0 saturated heterocycles. The van der Waals surface area contributed by atoms with Gasteiger partial charge < -0.3 is 39.4 Å². The Bertz CT molecular complexity index is 2510. The molecular formula is C52H59N5O12. The Hall–Kier alpha value is -7.82. The van der Waals surface area contributed by atoms with E-state index in [1.54, 1.807) is 101 Å². The number of carbonyl (C=O) groups excluding carboxylic acids is 7. The van der Waals surface area contributed by atoms with E-state index in [4.69, 9.17) is 23.5 Å². The number of amides is 4. The minimum absolute atomic E-state index is 0.0288. The van der Waals surface area contributed by atoms with Gasteiger partial charge >= 0.3 is 17.9 Å². The fourth-order valence-corrected chi connectivity index (χ4v) is 7.47. The van der Waals surface area contributed by atoms with Gasteiger partial charge in [-0.25, -0.2) is 9.59 Å². The van der Waals surface area contributed by atoms with Gasteiger partial charge in [-0.1, -0.05) is 99.8 Å². The molecule has 5 rings (SSSR count). The second-order valence-electron chi connectivity index (χ2n) is 16.0. The molecule has 3 atom stereocenters. The van der Waals surface area contributed by atoms with Crippen molar-refractivity contribution in [2.75, 3.05) is 13.3 Å². The first-order chi connectivity index (χ1) is 33.4. The highest BCUT2D eigenvalue weighted by Crippen LogP contribution is 2.30. The molecule has 0 saturated carbocycles. The van der Waals surface area contributed by atoms with Crippen LogP contribution in [0.15, 0.2) is 108 Å². The quantitative estimate of drug-likeness (QED) is 0.0163. The maximum absolute atomic E-state index is 13.8. The minimum Gasteiger partial charge on any atom is -0.493 e. The summed E-state index contributed by atoms with van der Waals surface area (Å²) in [5, 5.41) is 8.86. The van der Waals surface area contributed by atoms with Crippen molar-refractivity contribution in [3.63, 3.8) is 0 Å². The second kappa shape index (κ2) is 26.5. The van der Waals surface area contributed by atoms with Gasteiger partial charge in [0, 0.05) is 11.8 Å². The summed E-state index contributed by atoms with van der Waals surface area (Å²) in [5.41, 5.74) is 3.24. The number of unbranched alkanes of at least 4 members (excludes halogenated alkanes) is 2. The Morgan fingerprint density at radius 3 is 2.13 bits per heavy atom. The van der Waals surface area contributed by atoms with E-state index in [2.05, 4.69) is 20.9 Å². The number of furan rings is 1. The number of nitrogens with one attached hydrogen (secondary N) is 3. The van der Waals surface area contributed by atoms with Gasteiger partial charge in [0.2, 0.25) is 12.3 Å². The largest absolute Gasteiger partial charge is 0.493 e. The first kappa shape index (κ1) is 52.2. The van der Waals surface area contributed by atoms with E-state index in [0.29, 0.717) is 41.6 Å². The van der Waals surface area contributed by atoms with E-state index >= 15 is 0 Å². The van der Waals surface area contributed by atoms with Crippen molar-refractivity contribution in [2.24, 2.45) is 5.92 Å². The van der Waals surface area contributed by atoms with E-state index in [-0.39, 0.29) is 61.3 Å². The number of hydrogen-bond acceptors (Lipinski definition) is 13. The summed E-state index contributed by atoms with van der Waals surface area (Å²) in [7, 11) is 0. The van der Waals surface area contributed by atoms with Crippen molar-refractivity contribution in [3.05, 3.63) is 143 Å². The van der Waals surface area contributed by atoms with Gasteiger partial charge in [-0.05, 0) is 80.6 Å². The topological polar surface area (TPSA) is 222 Å². The Labute approximate surface area is 401 Å². The number of ether oxygens (including phenoxy) is 3. The van der Waals surface area contributed by atoms with Gasteiger partial charge in [0.15, 0.2) is 5.76 Å². The molecule has 3 N–H and O–H groups in total. The maximum Gasteiger partial charge on any atom is 0.365 e. The standard InChI is InChI=1S/C52H59N5O12/c1-6-9-12-21-39(42(7-2)57(33-58)69-52(64)47-34(4)26-27-53-35(47)5)48(60)54-32-55-50(62)44-25-24-43(68-44)38-22-23-40(45(28-38)65-8-3)49(61)56-41(51(63)67-31-37-19-15-11-16-20-37)29-46(59)66-30-36-17-13-10-14-18-36/h10-11,13-20,22-28,33,39,41-42H,6-9,12,21,29-32H2,1-5H3,(H,54,60)(H,55,62)(H,56,61)/t39?,41?,42-/m1/s1. The van der Waals surface area contributed by atoms with Crippen LogP contribution >= 0.6 is 0 Å². The van der Waals surface area contributed by atoms with Gasteiger partial charge in [-0.3, -0.25) is 29.0 Å². The van der Waals surface area contributed by atoms with Crippen LogP contribution in [0.1, 0.15) is 113 Å². The van der Waals surface area contributed by atoms with E-state index in [1.807, 2.05) is 19.1 Å². The molecule has 2 unspecified atom stereocenters. The molecule has 364 valence electrons. The Kier molecular flexibility index (Phi) is 20.0. The average Bonchev–Trinajstić information content (AvgIpc) is 3.86. The molecule has 3 aromatic carbocycles. The highest BCUT2D eigenvalue weighted by Gasteiger charge is 2.34. The molecule has 0 aliphatic rings. The van der Waals surface area contributed by atoms with Crippen molar-refractivity contribution in [3.8, 4) is 17.1 Å². The SMILES string of the molecule is CCCCCC(C(=O)NCNC(=O)c1ccc(-c2ccc(C(=O)NC(CC(=O)OCc3ccccc3)C(=O)OCc3ccccc3)c(OCC)c2)o1)[C@@H](CC)N(C=O)OC(=O)c1c(C)ccnc1C. The third-order valence-electron chi connectivity index (χ3n) is 11.1. The zero-order valence-corrected chi connectivity index (χ0v) is 39.5. The van der Waals surface area contributed by atoms with E-state index < -0.39 is 60.1 Å². The molecular weight excluding hydrogens is 887 g/mol. The predicted octanol–water partition coefficient (Wildman–Crippen LogP) is 7.34. The number of nitrogens with zero attached hydrogens (tertiary/aromatic N) is 2. The monoisotopic (exact) mass is 945 g/mol. The summed E-state index contributed by atoms with van der Waals surface area (Å²) in [4.78, 5) is 102. The average molecular weight is 946 g/mol. The predicted molar refractivity (Wildman–Crippen MR) is 253 cm³/mol. The summed E-state index contributed by atoms with van der Waals surface area (Å²) >= 11 is 0. The molecule has 0 radical (unpaired) electrons. The zero-order chi connectivity index (χ0) is 49.7. The van der Waals surface area contributed by atoms with E-state index in [0.717, 1.165) is 23.5 Å². The number of hydrogen-bond donors (Lipinski definition) is 3. The molecule has 69 heavy (non-hydrogen) atoms. The third kappa shape index (κ3) is 15.1. The van der Waals surface area contributed by atoms with Crippen molar-refractivity contribution in [2.45, 2.75) is 98.4 Å². The fraction of sp³-hybridized carbons (Fsp3) is 0.346. The highest BCUT2D eigenvalue weighted by atomic mass is 16.7. The Morgan fingerprint density at radius 2 is 1.49 bits per heavy atom. The molecule has 2 aromatic heterocycles. The fourth-order valence-electron chi connectivity index (χ4n) is 7.47. The summed E-state index contributed by atoms with van der Waals surface area (Å²) in [6, 6.07) is 25.0. The van der Waals surface area contributed by atoms with Gasteiger partial charge in [0.05, 0.1) is 48.5 Å². The lowest BCUT2D eigenvalue weighted by Gasteiger charge is -2.32. The summed E-state index contributed by atoms with van der Waals surface area (Å²) in [6.07, 6.45) is 4.51. The Morgan fingerprint density at radius 1 is 0.797 bits per heavy atom. The van der Waals surface area contributed by atoms with Crippen LogP contribution in [0.2, 0.25) is 0 Å². The lowest BCUT2D eigenvalue weighted by atomic mass is 9.90. The molecule has 0 bridgehead atoms. The number of benzene rings is 3. The van der Waals surface area contributed by atoms with Gasteiger partial charge in [-0.15, -0.1) is 0 Å². The molecule has 17 nitrogen and oxygen atoms in total. The van der Waals surface area contributed by atoms with E-state index in [9.17, 15) is 33.6 Å². The molecule has 4 amide bonds. The minimum atomic E-state index is -1.41. The summed E-state index contributed by atoms with van der Waals surface area (Å²) < 4.78 is 22.6. The molecule has 5 aromatic rings. The number of aryl methyl sites for hydroxylation is 2. The van der Waals surface area contributed by atoms with Crippen LogP contribution in [-0.2, 0) is 46.7 Å².